The van der Waals surface area contributed by atoms with Gasteiger partial charge in [0, 0.05) is 18.5 Å². The van der Waals surface area contributed by atoms with Gasteiger partial charge in [-0.25, -0.2) is 22.7 Å². The Morgan fingerprint density at radius 1 is 1.21 bits per heavy atom. The molecule has 10 nitrogen and oxygen atoms in total. The summed E-state index contributed by atoms with van der Waals surface area (Å²) in [5, 5.41) is 5.35. The summed E-state index contributed by atoms with van der Waals surface area (Å²) in [7, 11) is -3.19. The topological polar surface area (TPSA) is 126 Å². The average molecular weight is 502 g/mol. The van der Waals surface area contributed by atoms with Crippen molar-refractivity contribution in [2.24, 2.45) is 0 Å². The molecule has 1 atom stereocenters. The van der Waals surface area contributed by atoms with Crippen molar-refractivity contribution < 1.29 is 13.2 Å². The van der Waals surface area contributed by atoms with Gasteiger partial charge >= 0.3 is 0 Å². The minimum atomic E-state index is -3.19. The van der Waals surface area contributed by atoms with Crippen LogP contribution < -0.4 is 10.1 Å². The molecule has 34 heavy (non-hydrogen) atoms. The first-order chi connectivity index (χ1) is 16.3. The number of rotatable bonds is 6. The summed E-state index contributed by atoms with van der Waals surface area (Å²) in [6, 6.07) is 9.68. The van der Waals surface area contributed by atoms with E-state index in [9.17, 15) is 8.42 Å². The van der Waals surface area contributed by atoms with E-state index in [-0.39, 0.29) is 17.4 Å². The number of fused-ring (bicyclic) bond motifs is 2. The molecule has 1 fully saturated rings. The predicted molar refractivity (Wildman–Crippen MR) is 131 cm³/mol. The van der Waals surface area contributed by atoms with Crippen LogP contribution in [0.1, 0.15) is 31.5 Å². The number of ether oxygens (including phenoxy) is 1. The van der Waals surface area contributed by atoms with Crippen LogP contribution in [0.15, 0.2) is 36.7 Å². The SMILES string of the molecule is C[C@H](Nc1nc(Cl)nc2[nH]cnc12)c1cc2ccccc2c(OC2CCN(S(C)(=O)=O)CC2)n1. The Morgan fingerprint density at radius 2 is 1.97 bits per heavy atom. The summed E-state index contributed by atoms with van der Waals surface area (Å²) in [5.74, 6) is 1.04. The van der Waals surface area contributed by atoms with Crippen LogP contribution in [0, 0.1) is 0 Å². The van der Waals surface area contributed by atoms with Gasteiger partial charge in [-0.3, -0.25) is 0 Å². The third-order valence-corrected chi connectivity index (χ3v) is 7.39. The molecule has 1 saturated heterocycles. The Balaban J connectivity index is 1.42. The zero-order valence-corrected chi connectivity index (χ0v) is 20.3. The van der Waals surface area contributed by atoms with Crippen molar-refractivity contribution in [2.75, 3.05) is 24.7 Å². The molecular weight excluding hydrogens is 478 g/mol. The highest BCUT2D eigenvalue weighted by Gasteiger charge is 2.27. The Bertz CT molecular complexity index is 1450. The number of halogens is 1. The van der Waals surface area contributed by atoms with E-state index in [0.29, 0.717) is 48.8 Å². The number of hydrogen-bond donors (Lipinski definition) is 2. The van der Waals surface area contributed by atoms with Gasteiger partial charge in [-0.05, 0) is 48.9 Å². The highest BCUT2D eigenvalue weighted by Crippen LogP contribution is 2.31. The number of sulfonamides is 1. The van der Waals surface area contributed by atoms with Crippen molar-refractivity contribution in [1.82, 2.24) is 29.2 Å². The van der Waals surface area contributed by atoms with Gasteiger partial charge in [0.1, 0.15) is 11.6 Å². The van der Waals surface area contributed by atoms with Gasteiger partial charge in [-0.2, -0.15) is 9.97 Å². The fraction of sp³-hybridized carbons (Fsp3) is 0.364. The fourth-order valence-electron chi connectivity index (χ4n) is 4.13. The molecule has 3 aromatic heterocycles. The lowest BCUT2D eigenvalue weighted by atomic mass is 10.1. The second kappa shape index (κ2) is 8.97. The highest BCUT2D eigenvalue weighted by molar-refractivity contribution is 7.88. The fourth-order valence-corrected chi connectivity index (χ4v) is 5.17. The third kappa shape index (κ3) is 4.63. The van der Waals surface area contributed by atoms with E-state index in [4.69, 9.17) is 21.3 Å². The Hall–Kier alpha value is -3.02. The van der Waals surface area contributed by atoms with Gasteiger partial charge in [-0.1, -0.05) is 18.2 Å². The number of pyridine rings is 1. The number of hydrogen-bond acceptors (Lipinski definition) is 8. The highest BCUT2D eigenvalue weighted by atomic mass is 35.5. The van der Waals surface area contributed by atoms with Crippen molar-refractivity contribution in [2.45, 2.75) is 31.9 Å². The summed E-state index contributed by atoms with van der Waals surface area (Å²) in [5.41, 5.74) is 1.90. The second-order valence-electron chi connectivity index (χ2n) is 8.36. The predicted octanol–water partition coefficient (Wildman–Crippen LogP) is 3.53. The number of anilines is 1. The molecule has 0 bridgehead atoms. The molecule has 4 heterocycles. The van der Waals surface area contributed by atoms with Crippen LogP contribution in [-0.4, -0.2) is 63.1 Å². The smallest absolute Gasteiger partial charge is 0.226 e. The first kappa shape index (κ1) is 22.8. The lowest BCUT2D eigenvalue weighted by Crippen LogP contribution is -2.41. The maximum absolute atomic E-state index is 11.8. The summed E-state index contributed by atoms with van der Waals surface area (Å²) in [4.78, 5) is 20.5. The maximum atomic E-state index is 11.8. The normalized spacial score (nSPS) is 16.7. The third-order valence-electron chi connectivity index (χ3n) is 5.92. The molecule has 0 spiro atoms. The lowest BCUT2D eigenvalue weighted by Gasteiger charge is -2.30. The largest absolute Gasteiger partial charge is 0.474 e. The molecule has 5 rings (SSSR count). The number of nitrogens with zero attached hydrogens (tertiary/aromatic N) is 5. The number of aromatic nitrogens is 5. The molecule has 12 heteroatoms. The summed E-state index contributed by atoms with van der Waals surface area (Å²) in [6.07, 6.45) is 3.88. The van der Waals surface area contributed by atoms with Gasteiger partial charge in [0.25, 0.3) is 0 Å². The van der Waals surface area contributed by atoms with E-state index in [1.807, 2.05) is 37.3 Å². The van der Waals surface area contributed by atoms with Crippen LogP contribution in [-0.2, 0) is 10.0 Å². The average Bonchev–Trinajstić information content (AvgIpc) is 3.27. The molecule has 0 unspecified atom stereocenters. The molecule has 0 radical (unpaired) electrons. The van der Waals surface area contributed by atoms with E-state index in [1.54, 1.807) is 6.33 Å². The molecule has 0 aliphatic carbocycles. The van der Waals surface area contributed by atoms with Gasteiger partial charge in [0.15, 0.2) is 11.5 Å². The van der Waals surface area contributed by atoms with Crippen LogP contribution in [0.2, 0.25) is 5.28 Å². The minimum absolute atomic E-state index is 0.113. The summed E-state index contributed by atoms with van der Waals surface area (Å²) in [6.45, 7) is 2.85. The molecule has 2 N–H and O–H groups in total. The van der Waals surface area contributed by atoms with E-state index >= 15 is 0 Å². The van der Waals surface area contributed by atoms with E-state index in [2.05, 4.69) is 25.3 Å². The standard InChI is InChI=1S/C22H24ClN7O3S/c1-13(26-20-18-19(25-12-24-18)28-22(23)29-20)17-11-14-5-3-4-6-16(14)21(27-17)33-15-7-9-30(10-8-15)34(2,31)32/h3-6,11-13,15H,7-10H2,1-2H3,(H2,24,25,26,28,29)/t13-/m0/s1. The van der Waals surface area contributed by atoms with Crippen LogP contribution in [0.25, 0.3) is 21.9 Å². The number of benzene rings is 1. The van der Waals surface area contributed by atoms with Crippen molar-refractivity contribution in [3.05, 3.63) is 47.6 Å². The quantitative estimate of drug-likeness (QED) is 0.384. The molecule has 1 aliphatic rings. The summed E-state index contributed by atoms with van der Waals surface area (Å²) < 4.78 is 31.5. The molecule has 1 aliphatic heterocycles. The minimum Gasteiger partial charge on any atom is -0.474 e. The number of H-pyrrole nitrogens is 1. The molecule has 0 amide bonds. The molecule has 178 valence electrons. The van der Waals surface area contributed by atoms with Crippen molar-refractivity contribution >= 4 is 49.4 Å². The van der Waals surface area contributed by atoms with Crippen LogP contribution >= 0.6 is 11.6 Å². The maximum Gasteiger partial charge on any atom is 0.226 e. The van der Waals surface area contributed by atoms with E-state index < -0.39 is 10.0 Å². The van der Waals surface area contributed by atoms with Gasteiger partial charge in [-0.15, -0.1) is 0 Å². The first-order valence-corrected chi connectivity index (χ1v) is 13.1. The number of piperidine rings is 1. The first-order valence-electron chi connectivity index (χ1n) is 10.9. The Kier molecular flexibility index (Phi) is 6.00. The number of imidazole rings is 1. The summed E-state index contributed by atoms with van der Waals surface area (Å²) >= 11 is 6.07. The monoisotopic (exact) mass is 501 g/mol. The van der Waals surface area contributed by atoms with Crippen LogP contribution in [0.3, 0.4) is 0 Å². The van der Waals surface area contributed by atoms with Crippen LogP contribution in [0.5, 0.6) is 5.88 Å². The van der Waals surface area contributed by atoms with E-state index in [0.717, 1.165) is 16.5 Å². The zero-order chi connectivity index (χ0) is 23.9. The van der Waals surface area contributed by atoms with Crippen molar-refractivity contribution in [1.29, 1.82) is 0 Å². The van der Waals surface area contributed by atoms with Gasteiger partial charge in [0.05, 0.1) is 24.3 Å². The molecule has 1 aromatic carbocycles. The lowest BCUT2D eigenvalue weighted by molar-refractivity contribution is 0.132. The molecular formula is C22H24ClN7O3S. The molecule has 0 saturated carbocycles. The van der Waals surface area contributed by atoms with Crippen molar-refractivity contribution in [3.8, 4) is 5.88 Å². The Labute approximate surface area is 201 Å². The van der Waals surface area contributed by atoms with E-state index in [1.165, 1.54) is 10.6 Å². The van der Waals surface area contributed by atoms with Gasteiger partial charge < -0.3 is 15.0 Å². The number of aromatic amines is 1. The van der Waals surface area contributed by atoms with Gasteiger partial charge in [0.2, 0.25) is 21.2 Å². The molecule has 4 aromatic rings. The van der Waals surface area contributed by atoms with Crippen molar-refractivity contribution in [3.63, 3.8) is 0 Å². The van der Waals surface area contributed by atoms with Crippen LogP contribution in [0.4, 0.5) is 5.82 Å². The zero-order valence-electron chi connectivity index (χ0n) is 18.7. The second-order valence-corrected chi connectivity index (χ2v) is 10.7. The Morgan fingerprint density at radius 3 is 2.74 bits per heavy atom. The number of nitrogens with one attached hydrogen (secondary N) is 2.